The average molecular weight is 537 g/mol. The summed E-state index contributed by atoms with van der Waals surface area (Å²) in [5.74, 6) is -2.05. The maximum absolute atomic E-state index is 15.8. The van der Waals surface area contributed by atoms with Crippen molar-refractivity contribution in [1.82, 2.24) is 14.8 Å². The van der Waals surface area contributed by atoms with Crippen LogP contribution in [0.5, 0.6) is 0 Å². The number of aliphatic hydroxyl groups excluding tert-OH is 1. The highest BCUT2D eigenvalue weighted by molar-refractivity contribution is 5.86. The number of likely N-dealkylation sites (tertiary alicyclic amines) is 1. The number of fused-ring (bicyclic) bond motifs is 3. The number of nitrogens with one attached hydrogen (secondary N) is 2. The Labute approximate surface area is 218 Å². The van der Waals surface area contributed by atoms with Gasteiger partial charge in [-0.15, -0.1) is 0 Å². The molecule has 1 unspecified atom stereocenters. The number of hydrogen-bond donors (Lipinski definition) is 3. The lowest BCUT2D eigenvalue weighted by atomic mass is 9.87. The van der Waals surface area contributed by atoms with E-state index in [4.69, 9.17) is 0 Å². The number of rotatable bonds is 9. The Hall–Kier alpha value is -2.69. The van der Waals surface area contributed by atoms with Crippen LogP contribution in [0.3, 0.4) is 0 Å². The van der Waals surface area contributed by atoms with Gasteiger partial charge in [0, 0.05) is 60.1 Å². The van der Waals surface area contributed by atoms with Crippen LogP contribution in [0.2, 0.25) is 0 Å². The molecule has 3 N–H and O–H groups in total. The van der Waals surface area contributed by atoms with Crippen LogP contribution >= 0.6 is 0 Å². The van der Waals surface area contributed by atoms with E-state index in [2.05, 4.69) is 15.2 Å². The molecule has 38 heavy (non-hydrogen) atoms. The van der Waals surface area contributed by atoms with Gasteiger partial charge < -0.3 is 15.4 Å². The lowest BCUT2D eigenvalue weighted by Crippen LogP contribution is -2.54. The average Bonchev–Trinajstić information content (AvgIpc) is 3.21. The molecule has 0 saturated carbocycles. The van der Waals surface area contributed by atoms with Crippen molar-refractivity contribution in [3.05, 3.63) is 64.6 Å². The fourth-order valence-electron chi connectivity index (χ4n) is 5.85. The number of nitrogens with zero attached hydrogens (tertiary/aromatic N) is 2. The summed E-state index contributed by atoms with van der Waals surface area (Å²) in [6.07, 6.45) is 0.798. The summed E-state index contributed by atoms with van der Waals surface area (Å²) >= 11 is 0. The van der Waals surface area contributed by atoms with Gasteiger partial charge >= 0.3 is 0 Å². The molecular weight excluding hydrogens is 503 g/mol. The molecule has 1 aromatic heterocycles. The summed E-state index contributed by atoms with van der Waals surface area (Å²) in [6, 6.07) is 5.59. The Kier molecular flexibility index (Phi) is 7.41. The summed E-state index contributed by atoms with van der Waals surface area (Å²) in [6.45, 7) is 3.58. The van der Waals surface area contributed by atoms with E-state index in [1.807, 2.05) is 0 Å². The second-order valence-corrected chi connectivity index (χ2v) is 10.9. The first kappa shape index (κ1) is 26.9. The Morgan fingerprint density at radius 1 is 1.13 bits per heavy atom. The monoisotopic (exact) mass is 536 g/mol. The summed E-state index contributed by atoms with van der Waals surface area (Å²) in [5.41, 5.74) is -0.475. The maximum Gasteiger partial charge on any atom is 0.143 e. The molecule has 1 fully saturated rings. The molecule has 10 heteroatoms. The van der Waals surface area contributed by atoms with Crippen molar-refractivity contribution in [3.8, 4) is 0 Å². The van der Waals surface area contributed by atoms with Gasteiger partial charge in [-0.3, -0.25) is 14.2 Å². The van der Waals surface area contributed by atoms with Crippen molar-refractivity contribution in [1.29, 1.82) is 0 Å². The van der Waals surface area contributed by atoms with Gasteiger partial charge in [0.05, 0.1) is 25.4 Å². The first-order valence-corrected chi connectivity index (χ1v) is 13.0. The SMILES string of the molecule is C[C@@H]1Cc2c([nH]c3cccc(F)c23)[C@@H](c2c(F)cc(NC3CN(CCCF)C3)cc2F)N1CC(C)(F)CO. The quantitative estimate of drug-likeness (QED) is 0.333. The molecule has 3 heterocycles. The number of aromatic amines is 1. The number of aliphatic hydroxyl groups is 1. The Morgan fingerprint density at radius 2 is 1.84 bits per heavy atom. The lowest BCUT2D eigenvalue weighted by Gasteiger charge is -2.43. The van der Waals surface area contributed by atoms with Crippen molar-refractivity contribution < 1.29 is 27.1 Å². The number of aromatic nitrogens is 1. The van der Waals surface area contributed by atoms with Crippen LogP contribution in [0.15, 0.2) is 30.3 Å². The molecule has 3 atom stereocenters. The molecule has 0 amide bonds. The predicted octanol–water partition coefficient (Wildman–Crippen LogP) is 5.10. The molecule has 2 aliphatic rings. The number of hydrogen-bond acceptors (Lipinski definition) is 4. The van der Waals surface area contributed by atoms with Crippen molar-refractivity contribution >= 4 is 16.6 Å². The predicted molar refractivity (Wildman–Crippen MR) is 137 cm³/mol. The third kappa shape index (κ3) is 5.01. The molecule has 2 aromatic carbocycles. The van der Waals surface area contributed by atoms with Gasteiger partial charge in [0.25, 0.3) is 0 Å². The van der Waals surface area contributed by atoms with Crippen LogP contribution in [0.1, 0.15) is 43.1 Å². The Bertz CT molecular complexity index is 1280. The van der Waals surface area contributed by atoms with E-state index in [0.717, 1.165) is 0 Å². The second kappa shape index (κ2) is 10.5. The number of halogens is 5. The summed E-state index contributed by atoms with van der Waals surface area (Å²) < 4.78 is 73.9. The Morgan fingerprint density at radius 3 is 2.50 bits per heavy atom. The smallest absolute Gasteiger partial charge is 0.143 e. The van der Waals surface area contributed by atoms with Gasteiger partial charge in [0.15, 0.2) is 0 Å². The van der Waals surface area contributed by atoms with Crippen molar-refractivity contribution in [2.24, 2.45) is 0 Å². The molecule has 2 aliphatic heterocycles. The highest BCUT2D eigenvalue weighted by Crippen LogP contribution is 2.44. The van der Waals surface area contributed by atoms with Gasteiger partial charge in [0.2, 0.25) is 0 Å². The Balaban J connectivity index is 1.52. The number of benzene rings is 2. The minimum absolute atomic E-state index is 0.00875. The van der Waals surface area contributed by atoms with Crippen LogP contribution in [-0.2, 0) is 6.42 Å². The maximum atomic E-state index is 15.8. The van der Waals surface area contributed by atoms with Gasteiger partial charge in [-0.1, -0.05) is 6.07 Å². The highest BCUT2D eigenvalue weighted by atomic mass is 19.2. The zero-order valence-corrected chi connectivity index (χ0v) is 21.5. The van der Waals surface area contributed by atoms with E-state index in [-0.39, 0.29) is 30.5 Å². The highest BCUT2D eigenvalue weighted by Gasteiger charge is 2.42. The summed E-state index contributed by atoms with van der Waals surface area (Å²) in [7, 11) is 0. The fourth-order valence-corrected chi connectivity index (χ4v) is 5.85. The van der Waals surface area contributed by atoms with E-state index in [0.29, 0.717) is 54.6 Å². The normalized spacial score (nSPS) is 22.3. The zero-order valence-electron chi connectivity index (χ0n) is 21.5. The van der Waals surface area contributed by atoms with Crippen molar-refractivity contribution in [3.63, 3.8) is 0 Å². The van der Waals surface area contributed by atoms with Gasteiger partial charge in [-0.2, -0.15) is 0 Å². The van der Waals surface area contributed by atoms with Crippen LogP contribution in [0.4, 0.5) is 27.6 Å². The third-order valence-corrected chi connectivity index (χ3v) is 7.71. The topological polar surface area (TPSA) is 54.5 Å². The zero-order chi connectivity index (χ0) is 27.2. The summed E-state index contributed by atoms with van der Waals surface area (Å²) in [4.78, 5) is 6.85. The third-order valence-electron chi connectivity index (χ3n) is 7.71. The molecule has 0 spiro atoms. The first-order valence-electron chi connectivity index (χ1n) is 13.0. The van der Waals surface area contributed by atoms with Crippen LogP contribution in [-0.4, -0.2) is 77.1 Å². The van der Waals surface area contributed by atoms with E-state index >= 15 is 13.2 Å². The lowest BCUT2D eigenvalue weighted by molar-refractivity contribution is 0.0162. The first-order chi connectivity index (χ1) is 18.1. The molecule has 0 radical (unpaired) electrons. The molecular formula is C28H33F5N4O. The minimum Gasteiger partial charge on any atom is -0.393 e. The fraction of sp³-hybridized carbons (Fsp3) is 0.500. The van der Waals surface area contributed by atoms with E-state index < -0.39 is 41.8 Å². The van der Waals surface area contributed by atoms with Crippen molar-refractivity contribution in [2.45, 2.75) is 50.5 Å². The molecule has 0 aliphatic carbocycles. The molecule has 0 bridgehead atoms. The molecule has 3 aromatic rings. The number of H-pyrrole nitrogens is 1. The largest absolute Gasteiger partial charge is 0.393 e. The van der Waals surface area contributed by atoms with E-state index in [1.54, 1.807) is 24.0 Å². The van der Waals surface area contributed by atoms with Crippen LogP contribution in [0.25, 0.3) is 10.9 Å². The van der Waals surface area contributed by atoms with Crippen LogP contribution in [0, 0.1) is 17.5 Å². The second-order valence-electron chi connectivity index (χ2n) is 10.9. The standard InChI is InChI=1S/C28H33F5N4O/c1-16-9-19-24-20(30)5-3-6-23(24)35-26(19)27(37(16)14-28(2,33)15-38)25-21(31)10-17(11-22(25)32)34-18-12-36(13-18)8-4-7-29/h3,5-6,10-11,16,18,27,34-35,38H,4,7-9,12-15H2,1-2H3/t16-,27-,28?/m1/s1. The molecule has 206 valence electrons. The molecule has 1 saturated heterocycles. The molecule has 5 rings (SSSR count). The van der Waals surface area contributed by atoms with E-state index in [9.17, 15) is 13.9 Å². The van der Waals surface area contributed by atoms with Gasteiger partial charge in [-0.05, 0) is 56.5 Å². The summed E-state index contributed by atoms with van der Waals surface area (Å²) in [5, 5.41) is 13.1. The van der Waals surface area contributed by atoms with Crippen molar-refractivity contribution in [2.75, 3.05) is 44.8 Å². The van der Waals surface area contributed by atoms with Gasteiger partial charge in [-0.25, -0.2) is 17.6 Å². The minimum atomic E-state index is -2.02. The van der Waals surface area contributed by atoms with E-state index in [1.165, 1.54) is 25.1 Å². The number of alkyl halides is 2. The molecule has 5 nitrogen and oxygen atoms in total. The number of anilines is 1. The van der Waals surface area contributed by atoms with Gasteiger partial charge in [0.1, 0.15) is 23.1 Å². The van der Waals surface area contributed by atoms with Crippen LogP contribution < -0.4 is 5.32 Å².